The van der Waals surface area contributed by atoms with Crippen LogP contribution in [-0.4, -0.2) is 18.3 Å². The molecule has 0 saturated carbocycles. The van der Waals surface area contributed by atoms with E-state index in [-0.39, 0.29) is 0 Å². The summed E-state index contributed by atoms with van der Waals surface area (Å²) in [7, 11) is 1.75. The normalized spacial score (nSPS) is 21.2. The first-order valence-electron chi connectivity index (χ1n) is 4.63. The molecule has 2 nitrogen and oxygen atoms in total. The molecule has 0 aliphatic heterocycles. The minimum atomic E-state index is 0.328. The summed E-state index contributed by atoms with van der Waals surface area (Å²) in [6.45, 7) is 0. The number of fused-ring (bicyclic) bond motifs is 1. The van der Waals surface area contributed by atoms with Crippen molar-refractivity contribution in [3.05, 3.63) is 29.3 Å². The monoisotopic (exact) mass is 178 g/mol. The molecule has 2 rings (SSSR count). The zero-order valence-corrected chi connectivity index (χ0v) is 7.79. The summed E-state index contributed by atoms with van der Waals surface area (Å²) in [5.41, 5.74) is 2.59. The molecule has 1 unspecified atom stereocenters. The number of ether oxygens (including phenoxy) is 1. The second kappa shape index (κ2) is 3.38. The molecule has 1 aromatic rings. The number of aryl methyl sites for hydroxylation is 1. The van der Waals surface area contributed by atoms with E-state index in [4.69, 9.17) is 4.74 Å². The van der Waals surface area contributed by atoms with Crippen LogP contribution < -0.4 is 0 Å². The van der Waals surface area contributed by atoms with E-state index in [1.54, 1.807) is 13.2 Å². The molecule has 0 aromatic heterocycles. The number of hydrogen-bond donors (Lipinski definition) is 1. The van der Waals surface area contributed by atoms with Gasteiger partial charge in [0.05, 0.1) is 6.10 Å². The topological polar surface area (TPSA) is 29.5 Å². The third-order valence-electron chi connectivity index (χ3n) is 2.71. The molecule has 70 valence electrons. The van der Waals surface area contributed by atoms with Gasteiger partial charge in [0.25, 0.3) is 0 Å². The zero-order chi connectivity index (χ0) is 9.26. The fourth-order valence-electron chi connectivity index (χ4n) is 1.91. The Hall–Kier alpha value is -1.02. The Morgan fingerprint density at radius 2 is 2.23 bits per heavy atom. The predicted molar refractivity (Wildman–Crippen MR) is 50.9 cm³/mol. The molecular formula is C11H14O2. The Balaban J connectivity index is 2.27. The van der Waals surface area contributed by atoms with Crippen LogP contribution in [0.2, 0.25) is 0 Å². The fourth-order valence-corrected chi connectivity index (χ4v) is 1.91. The fraction of sp³-hybridized carbons (Fsp3) is 0.455. The average Bonchev–Trinajstić information content (AvgIpc) is 2.16. The van der Waals surface area contributed by atoms with Crippen LogP contribution >= 0.6 is 0 Å². The molecular weight excluding hydrogens is 164 g/mol. The van der Waals surface area contributed by atoms with Gasteiger partial charge >= 0.3 is 0 Å². The highest BCUT2D eigenvalue weighted by atomic mass is 16.5. The average molecular weight is 178 g/mol. The standard InChI is InChI=1S/C11H14O2/c1-13-11-5-3-8-2-4-10(12)6-9(8)7-11/h2,4,6,11-12H,3,5,7H2,1H3. The SMILES string of the molecule is COC1CCc2ccc(O)cc2C1. The first-order chi connectivity index (χ1) is 6.29. The van der Waals surface area contributed by atoms with E-state index in [1.165, 1.54) is 11.1 Å². The second-order valence-corrected chi connectivity index (χ2v) is 3.55. The van der Waals surface area contributed by atoms with Crippen LogP contribution in [-0.2, 0) is 17.6 Å². The summed E-state index contributed by atoms with van der Waals surface area (Å²) in [5.74, 6) is 0.357. The zero-order valence-electron chi connectivity index (χ0n) is 7.79. The lowest BCUT2D eigenvalue weighted by molar-refractivity contribution is 0.0910. The van der Waals surface area contributed by atoms with Crippen LogP contribution in [0.5, 0.6) is 5.75 Å². The molecule has 1 aliphatic rings. The van der Waals surface area contributed by atoms with Crippen LogP contribution in [0.25, 0.3) is 0 Å². The number of rotatable bonds is 1. The number of phenols is 1. The Labute approximate surface area is 78.2 Å². The van der Waals surface area contributed by atoms with Gasteiger partial charge in [0.15, 0.2) is 0 Å². The largest absolute Gasteiger partial charge is 0.508 e. The highest BCUT2D eigenvalue weighted by Crippen LogP contribution is 2.25. The molecule has 1 N–H and O–H groups in total. The van der Waals surface area contributed by atoms with Crippen LogP contribution in [0.15, 0.2) is 18.2 Å². The van der Waals surface area contributed by atoms with E-state index in [0.717, 1.165) is 19.3 Å². The number of aromatic hydroxyl groups is 1. The molecule has 1 aliphatic carbocycles. The minimum absolute atomic E-state index is 0.328. The van der Waals surface area contributed by atoms with Crippen LogP contribution in [0.3, 0.4) is 0 Å². The van der Waals surface area contributed by atoms with Gasteiger partial charge in [-0.25, -0.2) is 0 Å². The number of phenolic OH excluding ortho intramolecular Hbond substituents is 1. The van der Waals surface area contributed by atoms with Gasteiger partial charge in [0, 0.05) is 7.11 Å². The van der Waals surface area contributed by atoms with Gasteiger partial charge in [-0.1, -0.05) is 6.07 Å². The van der Waals surface area contributed by atoms with E-state index < -0.39 is 0 Å². The molecule has 0 fully saturated rings. The molecule has 0 amide bonds. The van der Waals surface area contributed by atoms with Crippen molar-refractivity contribution in [2.75, 3.05) is 7.11 Å². The van der Waals surface area contributed by atoms with Crippen molar-refractivity contribution in [2.24, 2.45) is 0 Å². The quantitative estimate of drug-likeness (QED) is 0.711. The molecule has 13 heavy (non-hydrogen) atoms. The van der Waals surface area contributed by atoms with Crippen LogP contribution in [0.4, 0.5) is 0 Å². The van der Waals surface area contributed by atoms with Crippen molar-refractivity contribution >= 4 is 0 Å². The second-order valence-electron chi connectivity index (χ2n) is 3.55. The summed E-state index contributed by atoms with van der Waals surface area (Å²) < 4.78 is 5.31. The van der Waals surface area contributed by atoms with Gasteiger partial charge in [-0.2, -0.15) is 0 Å². The Bertz CT molecular complexity index is 307. The van der Waals surface area contributed by atoms with Crippen LogP contribution in [0.1, 0.15) is 17.5 Å². The van der Waals surface area contributed by atoms with E-state index in [2.05, 4.69) is 0 Å². The van der Waals surface area contributed by atoms with E-state index in [1.807, 2.05) is 12.1 Å². The molecule has 0 spiro atoms. The van der Waals surface area contributed by atoms with Crippen molar-refractivity contribution < 1.29 is 9.84 Å². The molecule has 1 aromatic carbocycles. The first-order valence-corrected chi connectivity index (χ1v) is 4.63. The third-order valence-corrected chi connectivity index (χ3v) is 2.71. The Morgan fingerprint density at radius 1 is 1.38 bits per heavy atom. The summed E-state index contributed by atoms with van der Waals surface area (Å²) in [6.07, 6.45) is 3.41. The highest BCUT2D eigenvalue weighted by molar-refractivity contribution is 5.36. The van der Waals surface area contributed by atoms with Crippen molar-refractivity contribution in [1.29, 1.82) is 0 Å². The van der Waals surface area contributed by atoms with Crippen molar-refractivity contribution in [3.63, 3.8) is 0 Å². The summed E-state index contributed by atoms with van der Waals surface area (Å²) in [5, 5.41) is 9.31. The minimum Gasteiger partial charge on any atom is -0.508 e. The van der Waals surface area contributed by atoms with Crippen molar-refractivity contribution in [2.45, 2.75) is 25.4 Å². The first kappa shape index (κ1) is 8.57. The van der Waals surface area contributed by atoms with Crippen molar-refractivity contribution in [3.8, 4) is 5.75 Å². The van der Waals surface area contributed by atoms with E-state index in [9.17, 15) is 5.11 Å². The number of benzene rings is 1. The maximum absolute atomic E-state index is 9.31. The maximum atomic E-state index is 9.31. The third kappa shape index (κ3) is 1.68. The lowest BCUT2D eigenvalue weighted by Gasteiger charge is -2.23. The van der Waals surface area contributed by atoms with Gasteiger partial charge in [-0.15, -0.1) is 0 Å². The smallest absolute Gasteiger partial charge is 0.115 e. The summed E-state index contributed by atoms with van der Waals surface area (Å²) in [4.78, 5) is 0. The van der Waals surface area contributed by atoms with Gasteiger partial charge < -0.3 is 9.84 Å². The van der Waals surface area contributed by atoms with Crippen LogP contribution in [0, 0.1) is 0 Å². The predicted octanol–water partition coefficient (Wildman–Crippen LogP) is 1.90. The molecule has 0 bridgehead atoms. The van der Waals surface area contributed by atoms with Gasteiger partial charge in [0.2, 0.25) is 0 Å². The number of methoxy groups -OCH3 is 1. The van der Waals surface area contributed by atoms with E-state index >= 15 is 0 Å². The van der Waals surface area contributed by atoms with E-state index in [0.29, 0.717) is 11.9 Å². The lowest BCUT2D eigenvalue weighted by Crippen LogP contribution is -2.20. The molecule has 0 radical (unpaired) electrons. The highest BCUT2D eigenvalue weighted by Gasteiger charge is 2.17. The lowest BCUT2D eigenvalue weighted by atomic mass is 9.90. The molecule has 0 saturated heterocycles. The maximum Gasteiger partial charge on any atom is 0.115 e. The van der Waals surface area contributed by atoms with Gasteiger partial charge in [0.1, 0.15) is 5.75 Å². The van der Waals surface area contributed by atoms with Gasteiger partial charge in [-0.05, 0) is 42.5 Å². The molecule has 2 heteroatoms. The molecule has 0 heterocycles. The van der Waals surface area contributed by atoms with Crippen molar-refractivity contribution in [1.82, 2.24) is 0 Å². The summed E-state index contributed by atoms with van der Waals surface area (Å²) in [6, 6.07) is 5.61. The Kier molecular flexibility index (Phi) is 2.23. The summed E-state index contributed by atoms with van der Waals surface area (Å²) >= 11 is 0. The number of hydrogen-bond acceptors (Lipinski definition) is 2. The van der Waals surface area contributed by atoms with Gasteiger partial charge in [-0.3, -0.25) is 0 Å². The Morgan fingerprint density at radius 3 is 3.00 bits per heavy atom. The molecule has 1 atom stereocenters.